The second-order valence-corrected chi connectivity index (χ2v) is 5.39. The summed E-state index contributed by atoms with van der Waals surface area (Å²) in [5.74, 6) is 0. The van der Waals surface area contributed by atoms with Gasteiger partial charge in [-0.05, 0) is 34.7 Å². The van der Waals surface area contributed by atoms with Gasteiger partial charge in [-0.25, -0.2) is 0 Å². The van der Waals surface area contributed by atoms with Crippen LogP contribution in [0.3, 0.4) is 0 Å². The number of pyridine rings is 1. The van der Waals surface area contributed by atoms with Crippen molar-refractivity contribution in [2.24, 2.45) is 0 Å². The summed E-state index contributed by atoms with van der Waals surface area (Å²) in [4.78, 5) is 4.14. The van der Waals surface area contributed by atoms with Crippen molar-refractivity contribution in [1.82, 2.24) is 15.2 Å². The van der Waals surface area contributed by atoms with Crippen molar-refractivity contribution in [3.05, 3.63) is 26.4 Å². The second kappa shape index (κ2) is 3.85. The van der Waals surface area contributed by atoms with E-state index in [1.807, 2.05) is 0 Å². The minimum absolute atomic E-state index is 0.662. The maximum absolute atomic E-state index is 5.82. The summed E-state index contributed by atoms with van der Waals surface area (Å²) in [5.41, 5.74) is 0.771. The van der Waals surface area contributed by atoms with Crippen molar-refractivity contribution >= 4 is 45.5 Å². The SMILES string of the molecule is Clc1ccnc(-c2nnc(I)s2)c1. The highest BCUT2D eigenvalue weighted by atomic mass is 127. The van der Waals surface area contributed by atoms with Gasteiger partial charge in [0.25, 0.3) is 0 Å². The van der Waals surface area contributed by atoms with E-state index in [9.17, 15) is 0 Å². The molecule has 0 unspecified atom stereocenters. The van der Waals surface area contributed by atoms with Crippen LogP contribution in [0.5, 0.6) is 0 Å². The Labute approximate surface area is 97.3 Å². The molecular weight excluding hydrogens is 321 g/mol. The minimum atomic E-state index is 0.662. The smallest absolute Gasteiger partial charge is 0.178 e. The number of aromatic nitrogens is 3. The first-order chi connectivity index (χ1) is 6.25. The van der Waals surface area contributed by atoms with Gasteiger partial charge in [-0.2, -0.15) is 0 Å². The van der Waals surface area contributed by atoms with E-state index < -0.39 is 0 Å². The van der Waals surface area contributed by atoms with Gasteiger partial charge in [0.15, 0.2) is 8.02 Å². The van der Waals surface area contributed by atoms with Crippen molar-refractivity contribution in [3.63, 3.8) is 0 Å². The maximum atomic E-state index is 5.82. The minimum Gasteiger partial charge on any atom is -0.254 e. The Morgan fingerprint density at radius 2 is 2.23 bits per heavy atom. The Balaban J connectivity index is 2.46. The lowest BCUT2D eigenvalue weighted by Crippen LogP contribution is -1.81. The van der Waals surface area contributed by atoms with Crippen LogP contribution >= 0.6 is 45.5 Å². The molecule has 2 heterocycles. The molecule has 0 bridgehead atoms. The molecule has 0 radical (unpaired) electrons. The van der Waals surface area contributed by atoms with E-state index in [2.05, 4.69) is 37.8 Å². The van der Waals surface area contributed by atoms with E-state index in [-0.39, 0.29) is 0 Å². The van der Waals surface area contributed by atoms with Crippen molar-refractivity contribution in [1.29, 1.82) is 0 Å². The third-order valence-electron chi connectivity index (χ3n) is 1.34. The fraction of sp³-hybridized carbons (Fsp3) is 0. The molecular formula is C7H3ClIN3S. The monoisotopic (exact) mass is 323 g/mol. The molecule has 0 saturated heterocycles. The third kappa shape index (κ3) is 2.15. The molecule has 6 heteroatoms. The van der Waals surface area contributed by atoms with E-state index in [1.165, 1.54) is 11.3 Å². The van der Waals surface area contributed by atoms with Gasteiger partial charge in [0.2, 0.25) is 0 Å². The normalized spacial score (nSPS) is 10.3. The predicted octanol–water partition coefficient (Wildman–Crippen LogP) is 2.86. The molecule has 2 aromatic heterocycles. The first-order valence-electron chi connectivity index (χ1n) is 3.36. The van der Waals surface area contributed by atoms with Crippen LogP contribution in [0, 0.1) is 3.01 Å². The highest BCUT2D eigenvalue weighted by molar-refractivity contribution is 14.1. The van der Waals surface area contributed by atoms with E-state index in [4.69, 9.17) is 11.6 Å². The van der Waals surface area contributed by atoms with Crippen LogP contribution in [-0.2, 0) is 0 Å². The second-order valence-electron chi connectivity index (χ2n) is 2.22. The molecule has 66 valence electrons. The predicted molar refractivity (Wildman–Crippen MR) is 60.9 cm³/mol. The number of nitrogens with zero attached hydrogens (tertiary/aromatic N) is 3. The molecule has 0 atom stereocenters. The lowest BCUT2D eigenvalue weighted by atomic mass is 10.4. The van der Waals surface area contributed by atoms with Gasteiger partial charge in [0.05, 0.1) is 0 Å². The van der Waals surface area contributed by atoms with E-state index in [1.54, 1.807) is 18.3 Å². The highest BCUT2D eigenvalue weighted by Crippen LogP contribution is 2.23. The van der Waals surface area contributed by atoms with Crippen LogP contribution in [0.15, 0.2) is 18.3 Å². The Morgan fingerprint density at radius 3 is 2.85 bits per heavy atom. The Morgan fingerprint density at radius 1 is 1.38 bits per heavy atom. The fourth-order valence-corrected chi connectivity index (χ4v) is 2.26. The fourth-order valence-electron chi connectivity index (χ4n) is 0.831. The molecule has 0 aliphatic rings. The zero-order valence-corrected chi connectivity index (χ0v) is 9.97. The number of hydrogen-bond donors (Lipinski definition) is 0. The van der Waals surface area contributed by atoms with Crippen molar-refractivity contribution in [3.8, 4) is 10.7 Å². The summed E-state index contributed by atoms with van der Waals surface area (Å²) in [6.07, 6.45) is 1.66. The molecule has 0 N–H and O–H groups in total. The number of halogens is 2. The zero-order chi connectivity index (χ0) is 9.26. The molecule has 0 amide bonds. The van der Waals surface area contributed by atoms with E-state index in [0.29, 0.717) is 5.02 Å². The summed E-state index contributed by atoms with van der Waals surface area (Å²) < 4.78 is 0.898. The number of hydrogen-bond acceptors (Lipinski definition) is 4. The summed E-state index contributed by atoms with van der Waals surface area (Å²) in [5, 5.41) is 9.32. The number of rotatable bonds is 1. The lowest BCUT2D eigenvalue weighted by molar-refractivity contribution is 1.07. The standard InChI is InChI=1S/C7H3ClIN3S/c8-4-1-2-10-5(3-4)6-11-12-7(9)13-6/h1-3H. The van der Waals surface area contributed by atoms with Crippen LogP contribution in [0.25, 0.3) is 10.7 Å². The van der Waals surface area contributed by atoms with E-state index >= 15 is 0 Å². The lowest BCUT2D eigenvalue weighted by Gasteiger charge is -1.93. The van der Waals surface area contributed by atoms with Crippen LogP contribution in [0.2, 0.25) is 5.02 Å². The molecule has 2 rings (SSSR count). The molecule has 0 fully saturated rings. The summed E-state index contributed by atoms with van der Waals surface area (Å²) in [6, 6.07) is 3.51. The van der Waals surface area contributed by atoms with E-state index in [0.717, 1.165) is 13.7 Å². The van der Waals surface area contributed by atoms with Crippen LogP contribution in [-0.4, -0.2) is 15.2 Å². The summed E-state index contributed by atoms with van der Waals surface area (Å²) >= 11 is 9.43. The summed E-state index contributed by atoms with van der Waals surface area (Å²) in [7, 11) is 0. The van der Waals surface area contributed by atoms with Gasteiger partial charge < -0.3 is 0 Å². The average Bonchev–Trinajstić information content (AvgIpc) is 2.52. The van der Waals surface area contributed by atoms with Crippen molar-refractivity contribution < 1.29 is 0 Å². The molecule has 2 aromatic rings. The molecule has 0 saturated carbocycles. The average molecular weight is 324 g/mol. The quantitative estimate of drug-likeness (QED) is 0.758. The van der Waals surface area contributed by atoms with Gasteiger partial charge >= 0.3 is 0 Å². The van der Waals surface area contributed by atoms with Crippen molar-refractivity contribution in [2.45, 2.75) is 0 Å². The Kier molecular flexibility index (Phi) is 2.75. The maximum Gasteiger partial charge on any atom is 0.178 e. The molecule has 3 nitrogen and oxygen atoms in total. The Hall–Kier alpha value is -0.270. The van der Waals surface area contributed by atoms with Crippen LogP contribution in [0.4, 0.5) is 0 Å². The molecule has 13 heavy (non-hydrogen) atoms. The third-order valence-corrected chi connectivity index (χ3v) is 3.19. The zero-order valence-electron chi connectivity index (χ0n) is 6.24. The van der Waals surface area contributed by atoms with Gasteiger partial charge in [-0.15, -0.1) is 10.2 Å². The van der Waals surface area contributed by atoms with Gasteiger partial charge in [0.1, 0.15) is 5.69 Å². The molecule has 0 aliphatic carbocycles. The topological polar surface area (TPSA) is 38.7 Å². The molecule has 0 spiro atoms. The van der Waals surface area contributed by atoms with Gasteiger partial charge in [-0.3, -0.25) is 4.98 Å². The Bertz CT molecular complexity index is 431. The van der Waals surface area contributed by atoms with Gasteiger partial charge in [0, 0.05) is 11.2 Å². The van der Waals surface area contributed by atoms with Crippen molar-refractivity contribution in [2.75, 3.05) is 0 Å². The molecule has 0 aliphatic heterocycles. The van der Waals surface area contributed by atoms with Gasteiger partial charge in [-0.1, -0.05) is 22.9 Å². The first kappa shape index (κ1) is 9.29. The van der Waals surface area contributed by atoms with Crippen LogP contribution in [0.1, 0.15) is 0 Å². The largest absolute Gasteiger partial charge is 0.254 e. The summed E-state index contributed by atoms with van der Waals surface area (Å²) in [6.45, 7) is 0. The van der Waals surface area contributed by atoms with Crippen LogP contribution < -0.4 is 0 Å². The first-order valence-corrected chi connectivity index (χ1v) is 5.64. The highest BCUT2D eigenvalue weighted by Gasteiger charge is 2.05. The molecule has 0 aromatic carbocycles.